The maximum absolute atomic E-state index is 11.2. The highest BCUT2D eigenvalue weighted by Gasteiger charge is 2.24. The summed E-state index contributed by atoms with van der Waals surface area (Å²) in [5, 5.41) is 10.8. The van der Waals surface area contributed by atoms with Gasteiger partial charge in [0.25, 0.3) is 5.69 Å². The molecule has 0 aromatic heterocycles. The average Bonchev–Trinajstić information content (AvgIpc) is 2.73. The number of hydrogen-bond acceptors (Lipinski definition) is 5. The predicted octanol–water partition coefficient (Wildman–Crippen LogP) is 2.67. The summed E-state index contributed by atoms with van der Waals surface area (Å²) >= 11 is 0. The van der Waals surface area contributed by atoms with Gasteiger partial charge in [-0.2, -0.15) is 0 Å². The van der Waals surface area contributed by atoms with Crippen molar-refractivity contribution in [3.05, 3.63) is 68.8 Å². The van der Waals surface area contributed by atoms with Crippen LogP contribution in [0.3, 0.4) is 0 Å². The molecule has 0 spiro atoms. The van der Waals surface area contributed by atoms with E-state index in [9.17, 15) is 19.7 Å². The van der Waals surface area contributed by atoms with E-state index in [0.29, 0.717) is 26.1 Å². The number of nitro benzene ring substituents is 1. The van der Waals surface area contributed by atoms with Crippen molar-refractivity contribution in [2.75, 3.05) is 18.8 Å². The molecule has 0 saturated heterocycles. The van der Waals surface area contributed by atoms with E-state index in [4.69, 9.17) is 5.73 Å². The molecule has 8 nitrogen and oxygen atoms in total. The molecule has 0 fully saturated rings. The van der Waals surface area contributed by atoms with Gasteiger partial charge in [-0.3, -0.25) is 19.7 Å². The lowest BCUT2D eigenvalue weighted by Gasteiger charge is -2.28. The van der Waals surface area contributed by atoms with Gasteiger partial charge >= 0.3 is 0 Å². The molecular formula is C22H26N4O4. The number of benzene rings is 2. The van der Waals surface area contributed by atoms with Gasteiger partial charge in [-0.1, -0.05) is 24.3 Å². The minimum Gasteiger partial charge on any atom is -0.398 e. The number of nitrogen functional groups attached to an aromatic ring is 1. The average molecular weight is 410 g/mol. The highest BCUT2D eigenvalue weighted by molar-refractivity contribution is 5.74. The number of nitrogens with two attached hydrogens (primary N) is 1. The van der Waals surface area contributed by atoms with Gasteiger partial charge in [-0.15, -0.1) is 0 Å². The number of hydrogen-bond donors (Lipinski definition) is 1. The van der Waals surface area contributed by atoms with E-state index in [-0.39, 0.29) is 22.4 Å². The molecule has 4 rings (SSSR count). The van der Waals surface area contributed by atoms with Crippen LogP contribution in [0.15, 0.2) is 36.4 Å². The van der Waals surface area contributed by atoms with E-state index < -0.39 is 0 Å². The molecule has 2 amide bonds. The van der Waals surface area contributed by atoms with Crippen molar-refractivity contribution in [1.82, 2.24) is 9.80 Å². The van der Waals surface area contributed by atoms with Crippen LogP contribution in [-0.2, 0) is 35.5 Å². The Morgan fingerprint density at radius 2 is 1.40 bits per heavy atom. The Bertz CT molecular complexity index is 989. The normalized spacial score (nSPS) is 14.7. The van der Waals surface area contributed by atoms with Gasteiger partial charge in [0.2, 0.25) is 11.8 Å². The van der Waals surface area contributed by atoms with Crippen LogP contribution in [0.4, 0.5) is 11.4 Å². The second-order valence-corrected chi connectivity index (χ2v) is 7.54. The molecule has 2 N–H and O–H groups in total. The molecule has 0 aliphatic carbocycles. The summed E-state index contributed by atoms with van der Waals surface area (Å²) in [6, 6.07) is 10.9. The highest BCUT2D eigenvalue weighted by Crippen LogP contribution is 2.27. The van der Waals surface area contributed by atoms with Gasteiger partial charge < -0.3 is 15.5 Å². The fraction of sp³-hybridized carbons (Fsp3) is 0.364. The van der Waals surface area contributed by atoms with Gasteiger partial charge in [-0.25, -0.2) is 0 Å². The summed E-state index contributed by atoms with van der Waals surface area (Å²) in [5.74, 6) is 0.148. The first-order valence-corrected chi connectivity index (χ1v) is 9.90. The first-order valence-electron chi connectivity index (χ1n) is 9.90. The summed E-state index contributed by atoms with van der Waals surface area (Å²) in [6.07, 6.45) is 1.44. The summed E-state index contributed by atoms with van der Waals surface area (Å²) in [5.41, 5.74) is 10.9. The number of amides is 2. The number of carbonyl (C=O) groups excluding carboxylic acids is 2. The number of fused-ring (bicyclic) bond motifs is 2. The third kappa shape index (κ3) is 4.59. The van der Waals surface area contributed by atoms with Crippen LogP contribution in [0.2, 0.25) is 0 Å². The van der Waals surface area contributed by atoms with E-state index in [1.807, 2.05) is 29.2 Å². The van der Waals surface area contributed by atoms with Crippen LogP contribution < -0.4 is 5.73 Å². The lowest BCUT2D eigenvalue weighted by atomic mass is 9.98. The van der Waals surface area contributed by atoms with Crippen molar-refractivity contribution < 1.29 is 14.5 Å². The van der Waals surface area contributed by atoms with Crippen LogP contribution in [0, 0.1) is 10.1 Å². The molecule has 0 bridgehead atoms. The summed E-state index contributed by atoms with van der Waals surface area (Å²) in [4.78, 5) is 36.4. The first-order chi connectivity index (χ1) is 14.3. The summed E-state index contributed by atoms with van der Waals surface area (Å²) in [7, 11) is 0. The van der Waals surface area contributed by atoms with E-state index in [1.54, 1.807) is 17.9 Å². The topological polar surface area (TPSA) is 110 Å². The second-order valence-electron chi connectivity index (χ2n) is 7.54. The van der Waals surface area contributed by atoms with Gasteiger partial charge in [0, 0.05) is 57.3 Å². The second kappa shape index (κ2) is 8.94. The van der Waals surface area contributed by atoms with Crippen LogP contribution in [-0.4, -0.2) is 39.6 Å². The zero-order valence-electron chi connectivity index (χ0n) is 17.3. The summed E-state index contributed by atoms with van der Waals surface area (Å²) in [6.45, 7) is 5.66. The smallest absolute Gasteiger partial charge is 0.272 e. The Morgan fingerprint density at radius 1 is 0.900 bits per heavy atom. The lowest BCUT2D eigenvalue weighted by molar-refractivity contribution is -0.385. The van der Waals surface area contributed by atoms with Crippen LogP contribution in [0.5, 0.6) is 0 Å². The van der Waals surface area contributed by atoms with E-state index in [2.05, 4.69) is 0 Å². The molecule has 0 unspecified atom stereocenters. The van der Waals surface area contributed by atoms with E-state index in [0.717, 1.165) is 29.8 Å². The molecule has 30 heavy (non-hydrogen) atoms. The maximum Gasteiger partial charge on any atom is 0.272 e. The zero-order chi connectivity index (χ0) is 21.8. The molecule has 2 aromatic carbocycles. The van der Waals surface area contributed by atoms with Gasteiger partial charge in [0.1, 0.15) is 0 Å². The molecule has 2 aliphatic heterocycles. The highest BCUT2D eigenvalue weighted by atomic mass is 16.6. The molecule has 0 atom stereocenters. The molecular weight excluding hydrogens is 384 g/mol. The van der Waals surface area contributed by atoms with Crippen molar-refractivity contribution in [3.8, 4) is 0 Å². The third-order valence-electron chi connectivity index (χ3n) is 5.63. The van der Waals surface area contributed by atoms with Crippen molar-refractivity contribution >= 4 is 23.2 Å². The number of rotatable bonds is 1. The van der Waals surface area contributed by atoms with Gasteiger partial charge in [0.05, 0.1) is 4.92 Å². The zero-order valence-corrected chi connectivity index (χ0v) is 17.3. The van der Waals surface area contributed by atoms with Gasteiger partial charge in [0.15, 0.2) is 0 Å². The Morgan fingerprint density at radius 3 is 1.93 bits per heavy atom. The molecule has 158 valence electrons. The molecule has 2 aromatic rings. The molecule has 2 aliphatic rings. The monoisotopic (exact) mass is 410 g/mol. The Balaban J connectivity index is 0.000000172. The van der Waals surface area contributed by atoms with Crippen molar-refractivity contribution in [2.45, 2.75) is 39.8 Å². The number of nitrogens with zero attached hydrogens (tertiary/aromatic N) is 3. The first kappa shape index (κ1) is 21.3. The molecule has 8 heteroatoms. The van der Waals surface area contributed by atoms with E-state index >= 15 is 0 Å². The van der Waals surface area contributed by atoms with Gasteiger partial charge in [-0.05, 0) is 35.6 Å². The van der Waals surface area contributed by atoms with Crippen LogP contribution in [0.1, 0.15) is 36.1 Å². The third-order valence-corrected chi connectivity index (χ3v) is 5.63. The van der Waals surface area contributed by atoms with Crippen molar-refractivity contribution in [1.29, 1.82) is 0 Å². The fourth-order valence-electron chi connectivity index (χ4n) is 3.94. The van der Waals surface area contributed by atoms with Crippen LogP contribution >= 0.6 is 0 Å². The molecule has 0 saturated carbocycles. The fourth-order valence-corrected chi connectivity index (χ4v) is 3.94. The molecule has 2 heterocycles. The molecule has 0 radical (unpaired) electrons. The standard InChI is InChI=1S/C11H12N2O3.C11H14N2O/c1-8(14)12-6-5-10-9(7-12)3-2-4-11(10)13(15)16;1-8(14)13-6-5-10-9(7-13)3-2-4-11(10)12/h2-4H,5-7H2,1H3;2-4H,5-7,12H2,1H3. The number of nitro groups is 1. The lowest BCUT2D eigenvalue weighted by Crippen LogP contribution is -2.34. The Kier molecular flexibility index (Phi) is 6.34. The summed E-state index contributed by atoms with van der Waals surface area (Å²) < 4.78 is 0. The Labute approximate surface area is 175 Å². The minimum absolute atomic E-state index is 0.0113. The maximum atomic E-state index is 11.2. The van der Waals surface area contributed by atoms with Crippen LogP contribution in [0.25, 0.3) is 0 Å². The largest absolute Gasteiger partial charge is 0.398 e. The van der Waals surface area contributed by atoms with Crippen molar-refractivity contribution in [3.63, 3.8) is 0 Å². The van der Waals surface area contributed by atoms with E-state index in [1.165, 1.54) is 24.1 Å². The van der Waals surface area contributed by atoms with Crippen molar-refractivity contribution in [2.24, 2.45) is 0 Å². The number of carbonyl (C=O) groups is 2. The quantitative estimate of drug-likeness (QED) is 0.442. The Hall–Kier alpha value is -3.42. The SMILES string of the molecule is CC(=O)N1CCc2c(N)cccc2C1.CC(=O)N1CCc2c(cccc2[N+](=O)[O-])C1. The number of anilines is 1. The minimum atomic E-state index is -0.359. The predicted molar refractivity (Wildman–Crippen MR) is 114 cm³/mol.